The van der Waals surface area contributed by atoms with E-state index >= 15 is 0 Å². The molecule has 0 unspecified atom stereocenters. The molecule has 0 radical (unpaired) electrons. The topological polar surface area (TPSA) is 268 Å². The minimum Gasteiger partial charge on any atom is -0.405 e. The molecule has 0 aliphatic carbocycles. The maximum atomic E-state index is 11.7. The highest BCUT2D eigenvalue weighted by atomic mass is 32.3. The molecule has 8 N–H and O–H groups in total. The zero-order valence-corrected chi connectivity index (χ0v) is 28.7. The van der Waals surface area contributed by atoms with E-state index < -0.39 is 109 Å². The van der Waals surface area contributed by atoms with Gasteiger partial charge in [-0.15, -0.1) is 0 Å². The largest absolute Gasteiger partial charge is 0.405 e. The van der Waals surface area contributed by atoms with Gasteiger partial charge in [0.1, 0.15) is 42.7 Å². The second kappa shape index (κ2) is 15.1. The van der Waals surface area contributed by atoms with Crippen LogP contribution in [0, 0.1) is 0 Å². The van der Waals surface area contributed by atoms with Gasteiger partial charge >= 0.3 is 20.7 Å². The van der Waals surface area contributed by atoms with Crippen molar-refractivity contribution in [1.82, 2.24) is 4.72 Å². The van der Waals surface area contributed by atoms with Gasteiger partial charge in [-0.1, -0.05) is 81.4 Å². The van der Waals surface area contributed by atoms with Gasteiger partial charge in [0.05, 0.1) is 13.2 Å². The van der Waals surface area contributed by atoms with Crippen molar-refractivity contribution < 1.29 is 74.3 Å². The Balaban J connectivity index is 1.78. The molecular weight excluding hydrogens is 699 g/mol. The average molecular weight is 740 g/mol. The number of nitrogens with one attached hydrogen (secondary N) is 1. The summed E-state index contributed by atoms with van der Waals surface area (Å²) in [5.41, 5.74) is 0. The third kappa shape index (κ3) is 8.66. The van der Waals surface area contributed by atoms with Crippen LogP contribution in [0.2, 0.25) is 5.04 Å². The van der Waals surface area contributed by atoms with Crippen LogP contribution in [0.3, 0.4) is 0 Å². The van der Waals surface area contributed by atoms with Crippen LogP contribution in [0.25, 0.3) is 0 Å². The normalized spacial score (nSPS) is 32.2. The first-order valence-electron chi connectivity index (χ1n) is 14.7. The summed E-state index contributed by atoms with van der Waals surface area (Å²) in [5.74, 6) is 0. The zero-order chi connectivity index (χ0) is 35.7. The van der Waals surface area contributed by atoms with Crippen molar-refractivity contribution in [3.63, 3.8) is 0 Å². The molecule has 10 atom stereocenters. The van der Waals surface area contributed by atoms with Crippen molar-refractivity contribution in [1.29, 1.82) is 0 Å². The summed E-state index contributed by atoms with van der Waals surface area (Å²) < 4.78 is 95.5. The van der Waals surface area contributed by atoms with E-state index in [1.54, 1.807) is 4.72 Å². The maximum absolute atomic E-state index is 11.7. The fraction of sp³-hybridized carbons (Fsp3) is 0.571. The van der Waals surface area contributed by atoms with Crippen molar-refractivity contribution in [2.45, 2.75) is 87.2 Å². The fourth-order valence-corrected chi connectivity index (χ4v) is 11.7. The van der Waals surface area contributed by atoms with Gasteiger partial charge in [0, 0.05) is 0 Å². The van der Waals surface area contributed by atoms with Crippen LogP contribution < -0.4 is 15.1 Å². The zero-order valence-electron chi connectivity index (χ0n) is 26.1. The minimum atomic E-state index is -5.33. The Bertz CT molecular complexity index is 1520. The Labute approximate surface area is 279 Å². The highest BCUT2D eigenvalue weighted by Gasteiger charge is 2.55. The van der Waals surface area contributed by atoms with E-state index in [4.69, 9.17) is 18.6 Å². The van der Waals surface area contributed by atoms with Crippen molar-refractivity contribution in [3.8, 4) is 0 Å². The lowest BCUT2D eigenvalue weighted by atomic mass is 9.96. The summed E-state index contributed by atoms with van der Waals surface area (Å²) in [6.45, 7) is 4.56. The van der Waals surface area contributed by atoms with Crippen LogP contribution in [0.1, 0.15) is 20.8 Å². The van der Waals surface area contributed by atoms with Gasteiger partial charge in [0.15, 0.2) is 18.7 Å². The van der Waals surface area contributed by atoms with Gasteiger partial charge in [-0.2, -0.15) is 21.6 Å². The van der Waals surface area contributed by atoms with E-state index in [2.05, 4.69) is 4.18 Å². The van der Waals surface area contributed by atoms with Crippen molar-refractivity contribution in [2.24, 2.45) is 0 Å². The number of aliphatic hydroxyl groups excluding tert-OH is 5. The van der Waals surface area contributed by atoms with Crippen LogP contribution in [-0.2, 0) is 43.5 Å². The van der Waals surface area contributed by atoms with E-state index in [0.717, 1.165) is 10.4 Å². The number of rotatable bonds is 12. The first-order valence-corrected chi connectivity index (χ1v) is 19.5. The lowest BCUT2D eigenvalue weighted by molar-refractivity contribution is -0.341. The third-order valence-electron chi connectivity index (χ3n) is 8.21. The van der Waals surface area contributed by atoms with Crippen molar-refractivity contribution in [2.75, 3.05) is 13.2 Å². The Morgan fingerprint density at radius 2 is 1.33 bits per heavy atom. The Hall–Kier alpha value is -1.96. The van der Waals surface area contributed by atoms with Gasteiger partial charge in [-0.25, -0.2) is 4.18 Å². The number of hydrogen-bond acceptors (Lipinski definition) is 14. The Kier molecular flexibility index (Phi) is 12.2. The summed E-state index contributed by atoms with van der Waals surface area (Å²) in [5, 5.41) is 53.9. The third-order valence-corrected chi connectivity index (χ3v) is 14.2. The minimum absolute atomic E-state index is 0.449. The molecule has 17 nitrogen and oxygen atoms in total. The molecule has 2 fully saturated rings. The molecule has 0 aromatic heterocycles. The molecule has 4 rings (SSSR count). The van der Waals surface area contributed by atoms with Gasteiger partial charge in [-0.05, 0) is 15.4 Å². The molecule has 0 amide bonds. The van der Waals surface area contributed by atoms with E-state index in [0.29, 0.717) is 0 Å². The molecular formula is C28H41NO16S2Si. The van der Waals surface area contributed by atoms with Gasteiger partial charge in [0.2, 0.25) is 0 Å². The molecule has 2 aromatic carbocycles. The summed E-state index contributed by atoms with van der Waals surface area (Å²) >= 11 is 0. The second-order valence-electron chi connectivity index (χ2n) is 12.4. The highest BCUT2D eigenvalue weighted by Crippen LogP contribution is 2.38. The van der Waals surface area contributed by atoms with Crippen LogP contribution in [-0.4, -0.2) is 134 Å². The smallest absolute Gasteiger partial charge is 0.397 e. The summed E-state index contributed by atoms with van der Waals surface area (Å²) in [6, 6.07) is 16.6. The summed E-state index contributed by atoms with van der Waals surface area (Å²) in [4.78, 5) is 0. The molecule has 2 aromatic rings. The monoisotopic (exact) mass is 739 g/mol. The molecule has 2 aliphatic heterocycles. The van der Waals surface area contributed by atoms with Crippen LogP contribution in [0.15, 0.2) is 60.7 Å². The highest BCUT2D eigenvalue weighted by molar-refractivity contribution is 7.83. The summed E-state index contributed by atoms with van der Waals surface area (Å²) in [7, 11) is -13.7. The van der Waals surface area contributed by atoms with Crippen LogP contribution in [0.4, 0.5) is 0 Å². The van der Waals surface area contributed by atoms with Gasteiger partial charge in [-0.3, -0.25) is 9.11 Å². The van der Waals surface area contributed by atoms with E-state index in [9.17, 15) is 51.5 Å². The SMILES string of the molecule is CC(C)(C)[Si](OC[C@H]1O[C@@H](O)[C@H](NS(=O)(=O)O)[C@@H](O)[C@@H]1O[C@@H]1O[C@@H](CO)[C@@H](O)[C@H](O)[C@H]1OS(=O)(=O)O)(c1ccccc1)c1ccccc1. The predicted molar refractivity (Wildman–Crippen MR) is 168 cm³/mol. The first kappa shape index (κ1) is 38.8. The average Bonchev–Trinajstić information content (AvgIpc) is 3.00. The fourth-order valence-electron chi connectivity index (χ4n) is 6.07. The molecule has 2 aliphatic rings. The van der Waals surface area contributed by atoms with Gasteiger partial charge in [0.25, 0.3) is 8.32 Å². The number of benzene rings is 2. The number of aliphatic hydroxyl groups is 5. The van der Waals surface area contributed by atoms with E-state index in [1.807, 2.05) is 81.4 Å². The molecule has 48 heavy (non-hydrogen) atoms. The lowest BCUT2D eigenvalue weighted by Gasteiger charge is -2.48. The second-order valence-corrected chi connectivity index (χ2v) is 19.0. The maximum Gasteiger partial charge on any atom is 0.397 e. The first-order chi connectivity index (χ1) is 22.3. The Morgan fingerprint density at radius 1 is 0.792 bits per heavy atom. The Morgan fingerprint density at radius 3 is 1.79 bits per heavy atom. The standard InChI is InChI=1S/C28H41NO16S2Si/c1-28(2,3)48(16-10-6-4-7-11-16,17-12-8-5-9-13-17)41-15-19-24(22(32)20(26(34)42-19)29-46(35,36)37)44-27-25(45-47(38,39)40)23(33)21(31)18(14-30)43-27/h4-13,18-27,29-34H,14-15H2,1-3H3,(H,35,36,37)(H,38,39,40)/t18-,19+,20+,21+,22+,23-,24+,25+,26+,27-/m0/s1. The molecule has 0 spiro atoms. The quantitative estimate of drug-likeness (QED) is 0.0820. The van der Waals surface area contributed by atoms with E-state index in [-0.39, 0.29) is 0 Å². The van der Waals surface area contributed by atoms with Crippen LogP contribution >= 0.6 is 0 Å². The number of hydrogen-bond donors (Lipinski definition) is 8. The molecule has 270 valence electrons. The molecule has 0 bridgehead atoms. The molecule has 2 heterocycles. The van der Waals surface area contributed by atoms with E-state index in [1.165, 1.54) is 0 Å². The van der Waals surface area contributed by atoms with Crippen LogP contribution in [0.5, 0.6) is 0 Å². The molecule has 20 heteroatoms. The lowest BCUT2D eigenvalue weighted by Crippen LogP contribution is -2.70. The van der Waals surface area contributed by atoms with Crippen molar-refractivity contribution >= 4 is 39.4 Å². The molecule has 0 saturated carbocycles. The number of ether oxygens (including phenoxy) is 3. The molecule has 2 saturated heterocycles. The van der Waals surface area contributed by atoms with Crippen molar-refractivity contribution in [3.05, 3.63) is 60.7 Å². The predicted octanol–water partition coefficient (Wildman–Crippen LogP) is -2.59. The van der Waals surface area contributed by atoms with Gasteiger partial charge < -0.3 is 44.2 Å². The summed E-state index contributed by atoms with van der Waals surface area (Å²) in [6.07, 6.45) is -17.4.